The molecule has 0 aliphatic carbocycles. The fraction of sp³-hybridized carbons (Fsp3) is 0.737. The van der Waals surface area contributed by atoms with Gasteiger partial charge in [-0.3, -0.25) is 10.2 Å². The van der Waals surface area contributed by atoms with E-state index in [2.05, 4.69) is 36.7 Å². The average molecular weight is 309 g/mol. The van der Waals surface area contributed by atoms with Crippen molar-refractivity contribution in [3.8, 4) is 0 Å². The quantitative estimate of drug-likeness (QED) is 0.144. The van der Waals surface area contributed by atoms with Crippen LogP contribution in [0.5, 0.6) is 0 Å². The number of hydrogen-bond acceptors (Lipinski definition) is 2. The molecule has 1 amide bonds. The number of rotatable bonds is 15. The highest BCUT2D eigenvalue weighted by Gasteiger charge is 1.96. The monoisotopic (exact) mass is 308 g/mol. The topological polar surface area (TPSA) is 55.1 Å². The summed E-state index contributed by atoms with van der Waals surface area (Å²) < 4.78 is 0. The summed E-state index contributed by atoms with van der Waals surface area (Å²) in [6.07, 6.45) is 24.4. The molecule has 128 valence electrons. The van der Waals surface area contributed by atoms with Crippen LogP contribution in [0.25, 0.3) is 0 Å². The molecule has 0 aliphatic rings. The molecule has 0 aromatic rings. The van der Waals surface area contributed by atoms with Crippen LogP contribution in [0.2, 0.25) is 0 Å². The van der Waals surface area contributed by atoms with Crippen molar-refractivity contribution in [3.63, 3.8) is 0 Å². The van der Waals surface area contributed by atoms with Crippen molar-refractivity contribution in [2.24, 2.45) is 5.84 Å². The van der Waals surface area contributed by atoms with Gasteiger partial charge in [0.15, 0.2) is 0 Å². The van der Waals surface area contributed by atoms with Gasteiger partial charge in [0.2, 0.25) is 5.91 Å². The van der Waals surface area contributed by atoms with E-state index in [1.54, 1.807) is 0 Å². The van der Waals surface area contributed by atoms with Crippen molar-refractivity contribution in [2.45, 2.75) is 90.4 Å². The molecule has 0 unspecified atom stereocenters. The predicted octanol–water partition coefficient (Wildman–Crippen LogP) is 5.18. The van der Waals surface area contributed by atoms with Crippen LogP contribution in [0, 0.1) is 0 Å². The number of hydrogen-bond donors (Lipinski definition) is 2. The zero-order chi connectivity index (χ0) is 16.3. The van der Waals surface area contributed by atoms with Gasteiger partial charge in [0, 0.05) is 6.42 Å². The highest BCUT2D eigenvalue weighted by Crippen LogP contribution is 2.07. The Morgan fingerprint density at radius 3 is 1.82 bits per heavy atom. The molecule has 0 heterocycles. The third kappa shape index (κ3) is 17.0. The summed E-state index contributed by atoms with van der Waals surface area (Å²) in [7, 11) is 0. The summed E-state index contributed by atoms with van der Waals surface area (Å²) >= 11 is 0. The van der Waals surface area contributed by atoms with Crippen molar-refractivity contribution in [3.05, 3.63) is 24.3 Å². The van der Waals surface area contributed by atoms with E-state index in [9.17, 15) is 4.79 Å². The first-order valence-electron chi connectivity index (χ1n) is 9.10. The van der Waals surface area contributed by atoms with Gasteiger partial charge in [-0.1, -0.05) is 63.3 Å². The molecule has 0 saturated carbocycles. The van der Waals surface area contributed by atoms with Crippen molar-refractivity contribution in [1.82, 2.24) is 5.43 Å². The van der Waals surface area contributed by atoms with Gasteiger partial charge in [-0.2, -0.15) is 0 Å². The van der Waals surface area contributed by atoms with Crippen molar-refractivity contribution in [1.29, 1.82) is 0 Å². The minimum Gasteiger partial charge on any atom is -0.294 e. The third-order valence-corrected chi connectivity index (χ3v) is 3.74. The van der Waals surface area contributed by atoms with Crippen LogP contribution in [0.4, 0.5) is 0 Å². The maximum atomic E-state index is 10.9. The smallest absolute Gasteiger partial charge is 0.233 e. The van der Waals surface area contributed by atoms with Gasteiger partial charge < -0.3 is 0 Å². The first kappa shape index (κ1) is 20.9. The molecule has 3 heteroatoms. The SMILES string of the molecule is CCCCCCC=CCCC=CCCCCCCC(=O)NN. The van der Waals surface area contributed by atoms with E-state index in [0.29, 0.717) is 6.42 Å². The number of carbonyl (C=O) groups is 1. The Hall–Kier alpha value is -1.09. The highest BCUT2D eigenvalue weighted by molar-refractivity contribution is 5.74. The minimum absolute atomic E-state index is 0.0571. The van der Waals surface area contributed by atoms with Crippen molar-refractivity contribution >= 4 is 5.91 Å². The molecule has 0 spiro atoms. The van der Waals surface area contributed by atoms with Crippen molar-refractivity contribution < 1.29 is 4.79 Å². The van der Waals surface area contributed by atoms with E-state index >= 15 is 0 Å². The van der Waals surface area contributed by atoms with Gasteiger partial charge in [0.05, 0.1) is 0 Å². The molecule has 0 rings (SSSR count). The molecule has 0 aromatic carbocycles. The second-order valence-electron chi connectivity index (χ2n) is 5.89. The first-order valence-corrected chi connectivity index (χ1v) is 9.10. The maximum Gasteiger partial charge on any atom is 0.233 e. The van der Waals surface area contributed by atoms with Crippen LogP contribution in [-0.4, -0.2) is 5.91 Å². The molecule has 0 bridgehead atoms. The Labute approximate surface area is 137 Å². The van der Waals surface area contributed by atoms with Crippen LogP contribution < -0.4 is 11.3 Å². The van der Waals surface area contributed by atoms with Crippen molar-refractivity contribution in [2.75, 3.05) is 0 Å². The number of unbranched alkanes of at least 4 members (excludes halogenated alkanes) is 9. The van der Waals surface area contributed by atoms with Crippen LogP contribution in [0.1, 0.15) is 90.4 Å². The van der Waals surface area contributed by atoms with Crippen LogP contribution in [-0.2, 0) is 4.79 Å². The Balaban J connectivity index is 3.20. The lowest BCUT2D eigenvalue weighted by atomic mass is 10.1. The van der Waals surface area contributed by atoms with E-state index in [0.717, 1.165) is 25.7 Å². The molecule has 22 heavy (non-hydrogen) atoms. The largest absolute Gasteiger partial charge is 0.294 e. The molecule has 0 fully saturated rings. The highest BCUT2D eigenvalue weighted by atomic mass is 16.2. The van der Waals surface area contributed by atoms with E-state index in [-0.39, 0.29) is 5.91 Å². The number of carbonyl (C=O) groups excluding carboxylic acids is 1. The standard InChI is InChI=1S/C19H36N2O/c1-2-3-4-5-6-7-8-9-10-11-12-13-14-15-16-17-18-19(22)21-20/h7-8,11-12H,2-6,9-10,13-18,20H2,1H3,(H,21,22). The Bertz CT molecular complexity index is 298. The third-order valence-electron chi connectivity index (χ3n) is 3.74. The Morgan fingerprint density at radius 2 is 1.27 bits per heavy atom. The molecular weight excluding hydrogens is 272 g/mol. The van der Waals surface area contributed by atoms with Gasteiger partial charge in [0.1, 0.15) is 0 Å². The number of allylic oxidation sites excluding steroid dienone is 4. The molecule has 0 atom stereocenters. The molecule has 3 nitrogen and oxygen atoms in total. The van der Waals surface area contributed by atoms with Gasteiger partial charge in [-0.05, 0) is 44.9 Å². The van der Waals surface area contributed by atoms with Gasteiger partial charge >= 0.3 is 0 Å². The molecule has 0 radical (unpaired) electrons. The second-order valence-corrected chi connectivity index (χ2v) is 5.89. The predicted molar refractivity (Wildman–Crippen MR) is 96.3 cm³/mol. The molecular formula is C19H36N2O. The van der Waals surface area contributed by atoms with Gasteiger partial charge in [-0.25, -0.2) is 5.84 Å². The number of nitrogens with one attached hydrogen (secondary N) is 1. The van der Waals surface area contributed by atoms with E-state index in [1.165, 1.54) is 51.4 Å². The Kier molecular flexibility index (Phi) is 17.1. The number of nitrogens with two attached hydrogens (primary N) is 1. The van der Waals surface area contributed by atoms with E-state index in [1.807, 2.05) is 0 Å². The first-order chi connectivity index (χ1) is 10.8. The summed E-state index contributed by atoms with van der Waals surface area (Å²) in [4.78, 5) is 10.9. The van der Waals surface area contributed by atoms with E-state index < -0.39 is 0 Å². The Morgan fingerprint density at radius 1 is 0.773 bits per heavy atom. The van der Waals surface area contributed by atoms with Gasteiger partial charge in [-0.15, -0.1) is 0 Å². The summed E-state index contributed by atoms with van der Waals surface area (Å²) in [5.74, 6) is 4.97. The molecule has 0 aromatic heterocycles. The van der Waals surface area contributed by atoms with E-state index in [4.69, 9.17) is 5.84 Å². The summed E-state index contributed by atoms with van der Waals surface area (Å²) in [5.41, 5.74) is 2.16. The lowest BCUT2D eigenvalue weighted by Gasteiger charge is -1.99. The molecule has 0 saturated heterocycles. The summed E-state index contributed by atoms with van der Waals surface area (Å²) in [6.45, 7) is 2.25. The fourth-order valence-corrected chi connectivity index (χ4v) is 2.33. The zero-order valence-electron chi connectivity index (χ0n) is 14.5. The summed E-state index contributed by atoms with van der Waals surface area (Å²) in [6, 6.07) is 0. The number of hydrazine groups is 1. The lowest BCUT2D eigenvalue weighted by molar-refractivity contribution is -0.121. The maximum absolute atomic E-state index is 10.9. The minimum atomic E-state index is -0.0571. The lowest BCUT2D eigenvalue weighted by Crippen LogP contribution is -2.29. The average Bonchev–Trinajstić information content (AvgIpc) is 2.54. The van der Waals surface area contributed by atoms with Gasteiger partial charge in [0.25, 0.3) is 0 Å². The normalized spacial score (nSPS) is 11.5. The second kappa shape index (κ2) is 18.0. The van der Waals surface area contributed by atoms with Crippen LogP contribution in [0.3, 0.4) is 0 Å². The molecule has 0 aliphatic heterocycles. The van der Waals surface area contributed by atoms with Crippen LogP contribution >= 0.6 is 0 Å². The van der Waals surface area contributed by atoms with Crippen LogP contribution in [0.15, 0.2) is 24.3 Å². The zero-order valence-corrected chi connectivity index (χ0v) is 14.5. The number of amides is 1. The summed E-state index contributed by atoms with van der Waals surface area (Å²) in [5, 5.41) is 0. The fourth-order valence-electron chi connectivity index (χ4n) is 2.33. The molecule has 3 N–H and O–H groups in total.